The quantitative estimate of drug-likeness (QED) is 0.162. The smallest absolute Gasteiger partial charge is 0.180 e. The lowest BCUT2D eigenvalue weighted by molar-refractivity contribution is 0.446. The van der Waals surface area contributed by atoms with E-state index in [2.05, 4.69) is 0 Å². The highest BCUT2D eigenvalue weighted by atomic mass is 19.2. The van der Waals surface area contributed by atoms with Crippen molar-refractivity contribution in [1.29, 1.82) is 31.6 Å². The number of nitriles is 6. The van der Waals surface area contributed by atoms with E-state index in [0.717, 1.165) is 30.3 Å². The average Bonchev–Trinajstić information content (AvgIpc) is 3.78. The Balaban J connectivity index is 2.39. The van der Waals surface area contributed by atoms with Crippen molar-refractivity contribution in [2.75, 3.05) is 0 Å². The third-order valence-corrected chi connectivity index (χ3v) is 6.94. The maximum atomic E-state index is 15.4. The van der Waals surface area contributed by atoms with E-state index in [9.17, 15) is 42.1 Å². The van der Waals surface area contributed by atoms with Crippen molar-refractivity contribution in [2.45, 2.75) is 6.92 Å². The van der Waals surface area contributed by atoms with Crippen LogP contribution in [0.5, 0.6) is 0 Å². The van der Waals surface area contributed by atoms with Crippen molar-refractivity contribution in [3.05, 3.63) is 120 Å². The minimum absolute atomic E-state index is 0.636. The molecule has 0 atom stereocenters. The molecule has 17 heteroatoms. The van der Waals surface area contributed by atoms with Gasteiger partial charge in [-0.15, -0.1) is 0 Å². The highest BCUT2D eigenvalue weighted by Crippen LogP contribution is 2.57. The lowest BCUT2D eigenvalue weighted by Gasteiger charge is -2.10. The Hall–Kier alpha value is -6.95. The molecule has 0 aromatic heterocycles. The highest BCUT2D eigenvalue weighted by molar-refractivity contribution is 6.12. The van der Waals surface area contributed by atoms with E-state index in [4.69, 9.17) is 15.8 Å². The summed E-state index contributed by atoms with van der Waals surface area (Å²) in [5.74, 6) is -25.3. The number of benzene rings is 3. The second-order valence-electron chi connectivity index (χ2n) is 9.25. The van der Waals surface area contributed by atoms with Crippen LogP contribution in [0.1, 0.15) is 38.9 Å². The van der Waals surface area contributed by atoms with Crippen LogP contribution in [0.2, 0.25) is 0 Å². The molecule has 0 radical (unpaired) electrons. The van der Waals surface area contributed by atoms with E-state index in [-0.39, 0.29) is 0 Å². The minimum Gasteiger partial charge on any atom is -0.205 e. The molecule has 1 aliphatic carbocycles. The van der Waals surface area contributed by atoms with Gasteiger partial charge in [-0.3, -0.25) is 0 Å². The molecule has 4 rings (SSSR count). The van der Waals surface area contributed by atoms with E-state index in [1.54, 1.807) is 0 Å². The zero-order chi connectivity index (χ0) is 36.1. The summed E-state index contributed by atoms with van der Waals surface area (Å²) in [6.45, 7) is 0.636. The summed E-state index contributed by atoms with van der Waals surface area (Å²) in [6, 6.07) is 5.91. The van der Waals surface area contributed by atoms with Gasteiger partial charge in [0.25, 0.3) is 0 Å². The van der Waals surface area contributed by atoms with E-state index in [1.165, 1.54) is 6.07 Å². The van der Waals surface area contributed by atoms with Crippen molar-refractivity contribution >= 4 is 16.7 Å². The van der Waals surface area contributed by atoms with Gasteiger partial charge < -0.3 is 0 Å². The van der Waals surface area contributed by atoms with E-state index < -0.39 is 136 Å². The molecule has 1 fully saturated rings. The molecule has 234 valence electrons. The van der Waals surface area contributed by atoms with Gasteiger partial charge in [0.1, 0.15) is 53.1 Å². The summed E-state index contributed by atoms with van der Waals surface area (Å²) in [5.41, 5.74) is -20.0. The van der Waals surface area contributed by atoms with E-state index in [0.29, 0.717) is 6.92 Å². The second-order valence-corrected chi connectivity index (χ2v) is 9.25. The molecule has 0 N–H and O–H groups in total. The van der Waals surface area contributed by atoms with Gasteiger partial charge in [-0.25, -0.2) is 48.3 Å². The number of halogens is 11. The predicted octanol–water partition coefficient (Wildman–Crippen LogP) is 7.39. The molecule has 0 saturated heterocycles. The van der Waals surface area contributed by atoms with Gasteiger partial charge >= 0.3 is 0 Å². The molecule has 6 nitrogen and oxygen atoms in total. The molecular weight excluding hydrogens is 665 g/mol. The maximum absolute atomic E-state index is 15.4. The van der Waals surface area contributed by atoms with Crippen LogP contribution in [-0.2, 0) is 0 Å². The Morgan fingerprint density at radius 1 is 0.354 bits per heavy atom. The van der Waals surface area contributed by atoms with Gasteiger partial charge in [0.15, 0.2) is 64.0 Å². The van der Waals surface area contributed by atoms with Crippen LogP contribution in [0.3, 0.4) is 0 Å². The zero-order valence-electron chi connectivity index (χ0n) is 22.8. The Morgan fingerprint density at radius 2 is 0.604 bits per heavy atom. The summed E-state index contributed by atoms with van der Waals surface area (Å²) in [7, 11) is 0. The molecule has 0 amide bonds. The topological polar surface area (TPSA) is 143 Å². The molecule has 0 unspecified atom stereocenters. The Labute approximate surface area is 259 Å². The third-order valence-electron chi connectivity index (χ3n) is 6.94. The molecule has 48 heavy (non-hydrogen) atoms. The van der Waals surface area contributed by atoms with Crippen LogP contribution in [0.25, 0.3) is 16.7 Å². The SMILES string of the molecule is Cc1c(F)c(F)c(C#N)c(F)c1/C(C#N)=C1/C(=C(C#N)c2c(F)c(F)c(C#N)c(F)c2F)/C1=C(/C#N)c1c(F)c(F)c(C#N)c(F)c1F. The van der Waals surface area contributed by atoms with Gasteiger partial charge in [-0.2, -0.15) is 31.6 Å². The first-order valence-corrected chi connectivity index (χ1v) is 12.2. The van der Waals surface area contributed by atoms with Gasteiger partial charge in [-0.05, 0) is 12.5 Å². The van der Waals surface area contributed by atoms with Crippen LogP contribution in [0, 0.1) is 139 Å². The molecule has 0 spiro atoms. The molecule has 0 aliphatic heterocycles. The largest absolute Gasteiger partial charge is 0.205 e. The standard InChI is InChI=1S/C31H3F11N6/c1-8-15(22(33)12(5-46)23(34)21(8)32)9(2-43)16-17(10(3-44)19-28(39)24(35)13(6-47)25(36)29(19)40)18(16)11(4-45)20-30(41)26(37)14(7-48)27(38)31(20)42/h1H3/b16-9-,17-10?,18-11-. The minimum atomic E-state index is -2.45. The third kappa shape index (κ3) is 4.58. The highest BCUT2D eigenvalue weighted by Gasteiger charge is 2.46. The lowest BCUT2D eigenvalue weighted by Crippen LogP contribution is -2.06. The van der Waals surface area contributed by atoms with Gasteiger partial charge in [0.05, 0.1) is 27.8 Å². The Bertz CT molecular complexity index is 2260. The van der Waals surface area contributed by atoms with Crippen LogP contribution in [0.4, 0.5) is 48.3 Å². The summed E-state index contributed by atoms with van der Waals surface area (Å²) >= 11 is 0. The first kappa shape index (κ1) is 33.9. The predicted molar refractivity (Wildman–Crippen MR) is 135 cm³/mol. The van der Waals surface area contributed by atoms with Crippen LogP contribution < -0.4 is 0 Å². The van der Waals surface area contributed by atoms with Crippen molar-refractivity contribution in [2.24, 2.45) is 0 Å². The first-order valence-electron chi connectivity index (χ1n) is 12.2. The number of allylic oxidation sites excluding steroid dienone is 6. The van der Waals surface area contributed by atoms with E-state index >= 15 is 22.0 Å². The van der Waals surface area contributed by atoms with Crippen LogP contribution in [-0.4, -0.2) is 0 Å². The lowest BCUT2D eigenvalue weighted by atomic mass is 9.95. The Kier molecular flexibility index (Phi) is 8.55. The van der Waals surface area contributed by atoms with Crippen molar-refractivity contribution < 1.29 is 48.3 Å². The molecule has 3 aromatic carbocycles. The fourth-order valence-corrected chi connectivity index (χ4v) is 4.71. The summed E-state index contributed by atoms with van der Waals surface area (Å²) < 4.78 is 163. The number of hydrogen-bond donors (Lipinski definition) is 0. The molecular formula is C31H3F11N6. The number of nitrogens with zero attached hydrogens (tertiary/aromatic N) is 6. The monoisotopic (exact) mass is 668 g/mol. The Morgan fingerprint density at radius 3 is 0.875 bits per heavy atom. The fraction of sp³-hybridized carbons (Fsp3) is 0.0323. The van der Waals surface area contributed by atoms with Gasteiger partial charge in [0.2, 0.25) is 0 Å². The van der Waals surface area contributed by atoms with Crippen LogP contribution >= 0.6 is 0 Å². The fourth-order valence-electron chi connectivity index (χ4n) is 4.71. The van der Waals surface area contributed by atoms with E-state index in [1.807, 2.05) is 0 Å². The normalized spacial score (nSPS) is 14.9. The molecule has 1 saturated carbocycles. The van der Waals surface area contributed by atoms with Crippen molar-refractivity contribution in [3.63, 3.8) is 0 Å². The zero-order valence-corrected chi connectivity index (χ0v) is 22.8. The summed E-state index contributed by atoms with van der Waals surface area (Å²) in [6.07, 6.45) is 0. The summed E-state index contributed by atoms with van der Waals surface area (Å²) in [5, 5.41) is 56.7. The van der Waals surface area contributed by atoms with Crippen LogP contribution in [0.15, 0.2) is 16.7 Å². The number of rotatable bonds is 3. The van der Waals surface area contributed by atoms with Crippen molar-refractivity contribution in [1.82, 2.24) is 0 Å². The average molecular weight is 668 g/mol. The molecule has 1 aliphatic rings. The first-order chi connectivity index (χ1) is 22.6. The maximum Gasteiger partial charge on any atom is 0.180 e. The van der Waals surface area contributed by atoms with Crippen molar-refractivity contribution in [3.8, 4) is 36.4 Å². The molecule has 0 heterocycles. The molecule has 3 aromatic rings. The van der Waals surface area contributed by atoms with Gasteiger partial charge in [-0.1, -0.05) is 0 Å². The second kappa shape index (κ2) is 12.1. The van der Waals surface area contributed by atoms with Gasteiger partial charge in [0, 0.05) is 22.3 Å². The summed E-state index contributed by atoms with van der Waals surface area (Å²) in [4.78, 5) is 0. The number of hydrogen-bond acceptors (Lipinski definition) is 6. The molecule has 0 bridgehead atoms.